The molecule has 0 aromatic carbocycles. The van der Waals surface area contributed by atoms with Crippen molar-refractivity contribution in [3.05, 3.63) is 11.6 Å². The average Bonchev–Trinajstić information content (AvgIpc) is 3.33. The first-order valence-electron chi connectivity index (χ1n) is 10.5. The SMILES string of the molecule is C[C@@]1(O)CC[C@@]2(C3=CC3)[C@H](CC[C@@H]3[C@@H]2CC[C@]2(C)C(O)CC[C@@H]32)C1. The van der Waals surface area contributed by atoms with Crippen LogP contribution in [0.25, 0.3) is 0 Å². The summed E-state index contributed by atoms with van der Waals surface area (Å²) < 4.78 is 0. The van der Waals surface area contributed by atoms with Crippen molar-refractivity contribution >= 4 is 0 Å². The van der Waals surface area contributed by atoms with Gasteiger partial charge in [0.1, 0.15) is 0 Å². The summed E-state index contributed by atoms with van der Waals surface area (Å²) in [7, 11) is 0. The van der Waals surface area contributed by atoms with Crippen LogP contribution in [0.5, 0.6) is 0 Å². The number of hydrogen-bond donors (Lipinski definition) is 2. The third-order valence-electron chi connectivity index (χ3n) is 9.40. The van der Waals surface area contributed by atoms with Crippen molar-refractivity contribution in [3.8, 4) is 0 Å². The van der Waals surface area contributed by atoms with Gasteiger partial charge in [-0.3, -0.25) is 0 Å². The molecule has 0 spiro atoms. The molecule has 5 aliphatic rings. The summed E-state index contributed by atoms with van der Waals surface area (Å²) in [6.45, 7) is 4.45. The molecule has 0 aliphatic heterocycles. The molecule has 8 atom stereocenters. The molecule has 24 heavy (non-hydrogen) atoms. The van der Waals surface area contributed by atoms with Gasteiger partial charge in [-0.15, -0.1) is 0 Å². The number of aliphatic hydroxyl groups is 2. The van der Waals surface area contributed by atoms with E-state index in [2.05, 4.69) is 19.9 Å². The average molecular weight is 331 g/mol. The van der Waals surface area contributed by atoms with Crippen molar-refractivity contribution in [3.63, 3.8) is 0 Å². The van der Waals surface area contributed by atoms with E-state index < -0.39 is 5.60 Å². The maximum Gasteiger partial charge on any atom is 0.0623 e. The molecule has 5 aliphatic carbocycles. The normalized spacial score (nSPS) is 59.2. The van der Waals surface area contributed by atoms with Gasteiger partial charge in [0.15, 0.2) is 0 Å². The summed E-state index contributed by atoms with van der Waals surface area (Å²) in [5, 5.41) is 21.3. The molecule has 0 aromatic heterocycles. The topological polar surface area (TPSA) is 40.5 Å². The fraction of sp³-hybridized carbons (Fsp3) is 0.909. The molecule has 0 amide bonds. The second-order valence-electron chi connectivity index (χ2n) is 10.5. The number of rotatable bonds is 1. The van der Waals surface area contributed by atoms with Crippen molar-refractivity contribution in [1.82, 2.24) is 0 Å². The van der Waals surface area contributed by atoms with Gasteiger partial charge < -0.3 is 10.2 Å². The molecular formula is C22H34O2. The molecule has 0 radical (unpaired) electrons. The summed E-state index contributed by atoms with van der Waals surface area (Å²) in [5.74, 6) is 3.09. The van der Waals surface area contributed by atoms with Gasteiger partial charge in [0.25, 0.3) is 0 Å². The fourth-order valence-corrected chi connectivity index (χ4v) is 8.13. The molecule has 2 heteroatoms. The van der Waals surface area contributed by atoms with Crippen molar-refractivity contribution in [1.29, 1.82) is 0 Å². The predicted molar refractivity (Wildman–Crippen MR) is 95.4 cm³/mol. The van der Waals surface area contributed by atoms with Crippen LogP contribution in [0.3, 0.4) is 0 Å². The third-order valence-corrected chi connectivity index (χ3v) is 9.40. The van der Waals surface area contributed by atoms with Crippen molar-refractivity contribution in [2.75, 3.05) is 0 Å². The van der Waals surface area contributed by atoms with Crippen molar-refractivity contribution < 1.29 is 10.2 Å². The lowest BCUT2D eigenvalue weighted by Gasteiger charge is -2.62. The minimum absolute atomic E-state index is 0.0654. The minimum Gasteiger partial charge on any atom is -0.393 e. The third kappa shape index (κ3) is 1.96. The highest BCUT2D eigenvalue weighted by Crippen LogP contribution is 2.70. The molecule has 4 fully saturated rings. The molecule has 5 rings (SSSR count). The Bertz CT molecular complexity index is 579. The van der Waals surface area contributed by atoms with Gasteiger partial charge >= 0.3 is 0 Å². The Morgan fingerprint density at radius 1 is 0.958 bits per heavy atom. The van der Waals surface area contributed by atoms with Crippen LogP contribution in [-0.2, 0) is 0 Å². The zero-order valence-electron chi connectivity index (χ0n) is 15.4. The second-order valence-corrected chi connectivity index (χ2v) is 10.5. The quantitative estimate of drug-likeness (QED) is 0.697. The molecular weight excluding hydrogens is 296 g/mol. The van der Waals surface area contributed by atoms with E-state index in [4.69, 9.17) is 0 Å². The fourth-order valence-electron chi connectivity index (χ4n) is 8.13. The molecule has 1 unspecified atom stereocenters. The highest BCUT2D eigenvalue weighted by molar-refractivity contribution is 5.35. The maximum absolute atomic E-state index is 10.7. The van der Waals surface area contributed by atoms with Crippen LogP contribution < -0.4 is 0 Å². The Hall–Kier alpha value is -0.340. The summed E-state index contributed by atoms with van der Waals surface area (Å²) in [4.78, 5) is 0. The Morgan fingerprint density at radius 3 is 2.50 bits per heavy atom. The van der Waals surface area contributed by atoms with Gasteiger partial charge in [-0.2, -0.15) is 0 Å². The van der Waals surface area contributed by atoms with Gasteiger partial charge in [-0.05, 0) is 106 Å². The highest BCUT2D eigenvalue weighted by atomic mass is 16.3. The van der Waals surface area contributed by atoms with Gasteiger partial charge in [0.05, 0.1) is 11.7 Å². The van der Waals surface area contributed by atoms with E-state index in [1.165, 1.54) is 44.9 Å². The summed E-state index contributed by atoms with van der Waals surface area (Å²) in [5.41, 5.74) is 1.91. The van der Waals surface area contributed by atoms with Gasteiger partial charge in [0.2, 0.25) is 0 Å². The second kappa shape index (κ2) is 4.88. The summed E-state index contributed by atoms with van der Waals surface area (Å²) >= 11 is 0. The van der Waals surface area contributed by atoms with Gasteiger partial charge in [-0.1, -0.05) is 18.6 Å². The maximum atomic E-state index is 10.7. The van der Waals surface area contributed by atoms with Gasteiger partial charge in [0, 0.05) is 0 Å². The standard InChI is InChI=1S/C22H34O2/c1-20(24)11-12-22(14-3-4-14)15(13-20)5-6-16-17-7-8-19(23)21(17,2)10-9-18(16)22/h3,15-19,23-24H,4-13H2,1-2H3/t15-,16+,17+,18+,19?,20-,21+,22-/m1/s1. The summed E-state index contributed by atoms with van der Waals surface area (Å²) in [6, 6.07) is 0. The zero-order valence-corrected chi connectivity index (χ0v) is 15.4. The molecule has 0 aromatic rings. The Morgan fingerprint density at radius 2 is 1.75 bits per heavy atom. The van der Waals surface area contributed by atoms with E-state index in [1.807, 2.05) is 0 Å². The molecule has 2 N–H and O–H groups in total. The lowest BCUT2D eigenvalue weighted by atomic mass is 9.43. The van der Waals surface area contributed by atoms with Crippen LogP contribution in [0.15, 0.2) is 11.6 Å². The van der Waals surface area contributed by atoms with E-state index in [9.17, 15) is 10.2 Å². The number of aliphatic hydroxyl groups excluding tert-OH is 1. The largest absolute Gasteiger partial charge is 0.393 e. The number of hydrogen-bond acceptors (Lipinski definition) is 2. The van der Waals surface area contributed by atoms with E-state index in [0.29, 0.717) is 11.3 Å². The first-order chi connectivity index (χ1) is 11.4. The molecule has 134 valence electrons. The Kier molecular flexibility index (Phi) is 3.23. The monoisotopic (exact) mass is 330 g/mol. The van der Waals surface area contributed by atoms with Crippen LogP contribution in [0, 0.1) is 34.5 Å². The van der Waals surface area contributed by atoms with Crippen LogP contribution in [0.1, 0.15) is 78.1 Å². The molecule has 0 heterocycles. The molecule has 0 bridgehead atoms. The molecule has 4 saturated carbocycles. The first-order valence-corrected chi connectivity index (χ1v) is 10.5. The van der Waals surface area contributed by atoms with E-state index >= 15 is 0 Å². The molecule has 0 saturated heterocycles. The van der Waals surface area contributed by atoms with Crippen LogP contribution in [0.2, 0.25) is 0 Å². The number of allylic oxidation sites excluding steroid dienone is 2. The summed E-state index contributed by atoms with van der Waals surface area (Å²) in [6.07, 6.45) is 14.3. The highest BCUT2D eigenvalue weighted by Gasteiger charge is 2.63. The lowest BCUT2D eigenvalue weighted by molar-refractivity contribution is -0.141. The Labute approximate surface area is 146 Å². The van der Waals surface area contributed by atoms with E-state index in [1.54, 1.807) is 5.57 Å². The van der Waals surface area contributed by atoms with Crippen molar-refractivity contribution in [2.45, 2.75) is 89.8 Å². The van der Waals surface area contributed by atoms with Crippen LogP contribution >= 0.6 is 0 Å². The minimum atomic E-state index is -0.441. The lowest BCUT2D eigenvalue weighted by Crippen LogP contribution is -2.56. The zero-order chi connectivity index (χ0) is 16.7. The molecule has 2 nitrogen and oxygen atoms in total. The van der Waals surface area contributed by atoms with Crippen LogP contribution in [0.4, 0.5) is 0 Å². The Balaban J connectivity index is 1.51. The first kappa shape index (κ1) is 15.9. The van der Waals surface area contributed by atoms with Gasteiger partial charge in [-0.25, -0.2) is 0 Å². The van der Waals surface area contributed by atoms with Crippen molar-refractivity contribution in [2.24, 2.45) is 34.5 Å². The van der Waals surface area contributed by atoms with E-state index in [0.717, 1.165) is 37.0 Å². The van der Waals surface area contributed by atoms with Crippen LogP contribution in [-0.4, -0.2) is 21.9 Å². The smallest absolute Gasteiger partial charge is 0.0623 e. The number of fused-ring (bicyclic) bond motifs is 5. The van der Waals surface area contributed by atoms with E-state index in [-0.39, 0.29) is 11.5 Å². The predicted octanol–water partition coefficient (Wildman–Crippen LogP) is 4.45.